The number of nitrogens with two attached hydrogens (primary N) is 1. The van der Waals surface area contributed by atoms with Gasteiger partial charge in [-0.1, -0.05) is 12.8 Å². The number of hydrogen-bond donors (Lipinski definition) is 2. The minimum absolute atomic E-state index is 0.0570. The van der Waals surface area contributed by atoms with Crippen LogP contribution in [0.4, 0.5) is 0 Å². The fourth-order valence-electron chi connectivity index (χ4n) is 2.87. The van der Waals surface area contributed by atoms with Crippen LogP contribution in [-0.4, -0.2) is 42.0 Å². The summed E-state index contributed by atoms with van der Waals surface area (Å²) in [5.74, 6) is 0.0713. The van der Waals surface area contributed by atoms with Gasteiger partial charge in [-0.05, 0) is 39.7 Å². The molecular weight excluding hydrogens is 214 g/mol. The van der Waals surface area contributed by atoms with Crippen LogP contribution < -0.4 is 11.1 Å². The lowest BCUT2D eigenvalue weighted by atomic mass is 9.87. The van der Waals surface area contributed by atoms with Gasteiger partial charge in [-0.3, -0.25) is 4.79 Å². The lowest BCUT2D eigenvalue weighted by molar-refractivity contribution is -0.128. The van der Waals surface area contributed by atoms with Crippen molar-refractivity contribution >= 4 is 5.91 Å². The van der Waals surface area contributed by atoms with Crippen LogP contribution in [0.2, 0.25) is 0 Å². The van der Waals surface area contributed by atoms with Gasteiger partial charge in [0.2, 0.25) is 5.91 Å². The van der Waals surface area contributed by atoms with Crippen LogP contribution in [0, 0.1) is 0 Å². The van der Waals surface area contributed by atoms with Crippen LogP contribution >= 0.6 is 0 Å². The smallest absolute Gasteiger partial charge is 0.240 e. The summed E-state index contributed by atoms with van der Waals surface area (Å²) >= 11 is 0. The summed E-state index contributed by atoms with van der Waals surface area (Å²) in [4.78, 5) is 14.6. The average Bonchev–Trinajstić information content (AvgIpc) is 2.71. The normalized spacial score (nSPS) is 27.9. The number of likely N-dealkylation sites (tertiary alicyclic amines) is 1. The van der Waals surface area contributed by atoms with E-state index in [1.54, 1.807) is 0 Å². The maximum absolute atomic E-state index is 12.3. The maximum Gasteiger partial charge on any atom is 0.240 e. The van der Waals surface area contributed by atoms with Crippen molar-refractivity contribution in [1.29, 1.82) is 0 Å². The second-order valence-corrected chi connectivity index (χ2v) is 6.18. The number of nitrogens with zero attached hydrogens (tertiary/aromatic N) is 1. The molecule has 0 radical (unpaired) electrons. The molecule has 1 amide bonds. The van der Waals surface area contributed by atoms with Crippen LogP contribution in [0.1, 0.15) is 45.4 Å². The topological polar surface area (TPSA) is 58.4 Å². The van der Waals surface area contributed by atoms with Gasteiger partial charge >= 0.3 is 0 Å². The molecule has 0 unspecified atom stereocenters. The molecule has 0 spiro atoms. The first-order valence-corrected chi connectivity index (χ1v) is 6.74. The van der Waals surface area contributed by atoms with Gasteiger partial charge < -0.3 is 16.0 Å². The highest BCUT2D eigenvalue weighted by atomic mass is 16.2. The number of hydrogen-bond acceptors (Lipinski definition) is 3. The summed E-state index contributed by atoms with van der Waals surface area (Å²) in [5.41, 5.74) is 5.54. The number of nitrogens with one attached hydrogen (secondary N) is 1. The fourth-order valence-corrected chi connectivity index (χ4v) is 2.87. The summed E-state index contributed by atoms with van der Waals surface area (Å²) in [6.07, 6.45) is 5.90. The molecule has 1 saturated heterocycles. The summed E-state index contributed by atoms with van der Waals surface area (Å²) < 4.78 is 0. The van der Waals surface area contributed by atoms with Gasteiger partial charge in [0, 0.05) is 18.6 Å². The zero-order valence-corrected chi connectivity index (χ0v) is 11.1. The molecule has 0 aromatic carbocycles. The van der Waals surface area contributed by atoms with Gasteiger partial charge in [0.1, 0.15) is 0 Å². The van der Waals surface area contributed by atoms with Crippen LogP contribution in [0.3, 0.4) is 0 Å². The van der Waals surface area contributed by atoms with Crippen molar-refractivity contribution in [2.45, 2.75) is 56.5 Å². The third-order valence-electron chi connectivity index (χ3n) is 4.45. The second-order valence-electron chi connectivity index (χ2n) is 6.18. The largest absolute Gasteiger partial charge is 0.349 e. The molecule has 98 valence electrons. The molecule has 0 aromatic heterocycles. The Hall–Kier alpha value is -0.610. The zero-order chi connectivity index (χ0) is 12.5. The van der Waals surface area contributed by atoms with Gasteiger partial charge in [-0.25, -0.2) is 0 Å². The van der Waals surface area contributed by atoms with Crippen LogP contribution in [0.25, 0.3) is 0 Å². The molecule has 17 heavy (non-hydrogen) atoms. The Morgan fingerprint density at radius 1 is 1.18 bits per heavy atom. The van der Waals surface area contributed by atoms with Gasteiger partial charge in [0.25, 0.3) is 0 Å². The van der Waals surface area contributed by atoms with Crippen LogP contribution in [0.15, 0.2) is 0 Å². The van der Waals surface area contributed by atoms with Crippen molar-refractivity contribution in [2.75, 3.05) is 20.1 Å². The third-order valence-corrected chi connectivity index (χ3v) is 4.45. The summed E-state index contributed by atoms with van der Waals surface area (Å²) in [5, 5.41) is 3.21. The van der Waals surface area contributed by atoms with E-state index in [4.69, 9.17) is 5.73 Å². The van der Waals surface area contributed by atoms with Gasteiger partial charge in [-0.2, -0.15) is 0 Å². The number of amides is 1. The lowest BCUT2D eigenvalue weighted by Gasteiger charge is -2.40. The fraction of sp³-hybridized carbons (Fsp3) is 0.923. The van der Waals surface area contributed by atoms with Crippen molar-refractivity contribution < 1.29 is 4.79 Å². The highest BCUT2D eigenvalue weighted by molar-refractivity contribution is 5.87. The van der Waals surface area contributed by atoms with Crippen molar-refractivity contribution in [1.82, 2.24) is 10.2 Å². The molecule has 0 aromatic rings. The highest BCUT2D eigenvalue weighted by Gasteiger charge is 2.40. The van der Waals surface area contributed by atoms with E-state index >= 15 is 0 Å². The van der Waals surface area contributed by atoms with E-state index in [1.807, 2.05) is 0 Å². The van der Waals surface area contributed by atoms with Crippen LogP contribution in [0.5, 0.6) is 0 Å². The summed E-state index contributed by atoms with van der Waals surface area (Å²) in [6.45, 7) is 4.25. The third kappa shape index (κ3) is 2.80. The van der Waals surface area contributed by atoms with E-state index in [0.29, 0.717) is 0 Å². The summed E-state index contributed by atoms with van der Waals surface area (Å²) in [6, 6.07) is 0. The van der Waals surface area contributed by atoms with Crippen LogP contribution in [-0.2, 0) is 4.79 Å². The predicted molar refractivity (Wildman–Crippen MR) is 68.7 cm³/mol. The number of carbonyl (C=O) groups excluding carboxylic acids is 1. The summed E-state index contributed by atoms with van der Waals surface area (Å²) in [7, 11) is 2.13. The number of carbonyl (C=O) groups is 1. The van der Waals surface area contributed by atoms with Gasteiger partial charge in [0.15, 0.2) is 0 Å². The minimum atomic E-state index is -0.591. The molecule has 3 N–H and O–H groups in total. The lowest BCUT2D eigenvalue weighted by Crippen LogP contribution is -2.60. The van der Waals surface area contributed by atoms with Crippen molar-refractivity contribution in [3.8, 4) is 0 Å². The van der Waals surface area contributed by atoms with E-state index in [-0.39, 0.29) is 11.4 Å². The standard InChI is InChI=1S/C13H25N3O/c1-12(7-9-16(2)10-8-12)15-11(17)13(14)5-3-4-6-13/h3-10,14H2,1-2H3,(H,15,17). The SMILES string of the molecule is CN1CCC(C)(NC(=O)C2(N)CCCC2)CC1. The van der Waals surface area contributed by atoms with E-state index in [2.05, 4.69) is 24.2 Å². The average molecular weight is 239 g/mol. The maximum atomic E-state index is 12.3. The molecule has 1 aliphatic heterocycles. The Morgan fingerprint density at radius 3 is 2.24 bits per heavy atom. The highest BCUT2D eigenvalue weighted by Crippen LogP contribution is 2.29. The Morgan fingerprint density at radius 2 is 1.71 bits per heavy atom. The number of rotatable bonds is 2. The Kier molecular flexibility index (Phi) is 3.46. The molecule has 4 nitrogen and oxygen atoms in total. The monoisotopic (exact) mass is 239 g/mol. The van der Waals surface area contributed by atoms with Crippen molar-refractivity contribution in [3.63, 3.8) is 0 Å². The Labute approximate surface area is 104 Å². The first-order valence-electron chi connectivity index (χ1n) is 6.74. The Bertz CT molecular complexity index is 289. The van der Waals surface area contributed by atoms with Crippen molar-refractivity contribution in [3.05, 3.63) is 0 Å². The predicted octanol–water partition coefficient (Wildman–Crippen LogP) is 0.858. The Balaban J connectivity index is 1.93. The molecule has 2 aliphatic rings. The first-order chi connectivity index (χ1) is 7.94. The molecular formula is C13H25N3O. The van der Waals surface area contributed by atoms with E-state index in [0.717, 1.165) is 51.6 Å². The van der Waals surface area contributed by atoms with E-state index in [9.17, 15) is 4.79 Å². The molecule has 0 bridgehead atoms. The quantitative estimate of drug-likeness (QED) is 0.751. The number of piperidine rings is 1. The molecule has 1 aliphatic carbocycles. The molecule has 1 saturated carbocycles. The second kappa shape index (κ2) is 4.58. The molecule has 0 atom stereocenters. The first kappa shape index (κ1) is 12.8. The van der Waals surface area contributed by atoms with Gasteiger partial charge in [0.05, 0.1) is 5.54 Å². The molecule has 4 heteroatoms. The minimum Gasteiger partial charge on any atom is -0.349 e. The molecule has 1 heterocycles. The van der Waals surface area contributed by atoms with E-state index in [1.165, 1.54) is 0 Å². The van der Waals surface area contributed by atoms with E-state index < -0.39 is 5.54 Å². The molecule has 2 rings (SSSR count). The van der Waals surface area contributed by atoms with Gasteiger partial charge in [-0.15, -0.1) is 0 Å². The zero-order valence-electron chi connectivity index (χ0n) is 11.1. The van der Waals surface area contributed by atoms with Crippen molar-refractivity contribution in [2.24, 2.45) is 5.73 Å². The molecule has 2 fully saturated rings.